The van der Waals surface area contributed by atoms with Crippen molar-refractivity contribution in [3.63, 3.8) is 0 Å². The SMILES string of the molecule is CC(C)c1ccc([C@](O)(c2cccc(-c3noc(CC(C)(C)O)n3)c2)C2(C)CN(C)C2)cc1. The number of hydrogen-bond acceptors (Lipinski definition) is 6. The molecule has 3 aromatic rings. The van der Waals surface area contributed by atoms with Crippen molar-refractivity contribution in [3.8, 4) is 11.4 Å². The van der Waals surface area contributed by atoms with Crippen molar-refractivity contribution >= 4 is 0 Å². The molecule has 1 aliphatic heterocycles. The van der Waals surface area contributed by atoms with E-state index in [0.29, 0.717) is 17.6 Å². The summed E-state index contributed by atoms with van der Waals surface area (Å²) in [6.07, 6.45) is 0.274. The molecule has 0 unspecified atom stereocenters. The summed E-state index contributed by atoms with van der Waals surface area (Å²) >= 11 is 0. The minimum atomic E-state index is -1.18. The summed E-state index contributed by atoms with van der Waals surface area (Å²) in [5, 5.41) is 26.6. The van der Waals surface area contributed by atoms with Crippen molar-refractivity contribution in [3.05, 3.63) is 71.1 Å². The van der Waals surface area contributed by atoms with E-state index in [1.807, 2.05) is 24.3 Å². The Bertz CT molecular complexity index is 1110. The van der Waals surface area contributed by atoms with Gasteiger partial charge in [0.1, 0.15) is 5.60 Å². The average Bonchev–Trinajstić information content (AvgIpc) is 3.19. The maximum absolute atomic E-state index is 12.4. The van der Waals surface area contributed by atoms with E-state index >= 15 is 0 Å². The second-order valence-electron chi connectivity index (χ2n) is 10.8. The van der Waals surface area contributed by atoms with Crippen LogP contribution in [-0.4, -0.2) is 51.0 Å². The molecule has 0 amide bonds. The molecule has 2 aromatic carbocycles. The van der Waals surface area contributed by atoms with Crippen LogP contribution in [0.2, 0.25) is 0 Å². The minimum Gasteiger partial charge on any atom is -0.390 e. The van der Waals surface area contributed by atoms with Crippen molar-refractivity contribution in [2.75, 3.05) is 20.1 Å². The normalized spacial score (nSPS) is 18.2. The number of aromatic nitrogens is 2. The summed E-state index contributed by atoms with van der Waals surface area (Å²) in [5.41, 5.74) is 1.26. The largest absolute Gasteiger partial charge is 0.390 e. The quantitative estimate of drug-likeness (QED) is 0.558. The molecular formula is C27H35N3O3. The van der Waals surface area contributed by atoms with E-state index in [9.17, 15) is 10.2 Å². The monoisotopic (exact) mass is 449 g/mol. The van der Waals surface area contributed by atoms with Crippen LogP contribution in [0.25, 0.3) is 11.4 Å². The number of rotatable bonds is 7. The summed E-state index contributed by atoms with van der Waals surface area (Å²) in [6, 6.07) is 16.1. The molecule has 0 saturated carbocycles. The molecule has 1 atom stereocenters. The second kappa shape index (κ2) is 8.35. The van der Waals surface area contributed by atoms with Crippen molar-refractivity contribution in [1.82, 2.24) is 15.0 Å². The summed E-state index contributed by atoms with van der Waals surface area (Å²) in [5.74, 6) is 1.26. The van der Waals surface area contributed by atoms with Crippen LogP contribution in [0, 0.1) is 5.41 Å². The van der Waals surface area contributed by atoms with Crippen molar-refractivity contribution in [1.29, 1.82) is 0 Å². The number of hydrogen-bond donors (Lipinski definition) is 2. The van der Waals surface area contributed by atoms with E-state index in [0.717, 1.165) is 29.8 Å². The van der Waals surface area contributed by atoms with E-state index in [4.69, 9.17) is 4.52 Å². The van der Waals surface area contributed by atoms with Crippen molar-refractivity contribution in [2.45, 2.75) is 58.2 Å². The number of likely N-dealkylation sites (tertiary alicyclic amines) is 1. The number of aliphatic hydroxyl groups is 2. The zero-order chi connectivity index (χ0) is 24.0. The molecule has 0 radical (unpaired) electrons. The molecule has 4 rings (SSSR count). The predicted octanol–water partition coefficient (Wildman–Crippen LogP) is 4.36. The number of nitrogens with zero attached hydrogens (tertiary/aromatic N) is 3. The van der Waals surface area contributed by atoms with E-state index < -0.39 is 11.2 Å². The molecule has 6 heteroatoms. The first kappa shape index (κ1) is 23.6. The Morgan fingerprint density at radius 2 is 1.73 bits per heavy atom. The first-order valence-corrected chi connectivity index (χ1v) is 11.6. The molecule has 176 valence electrons. The Morgan fingerprint density at radius 1 is 1.06 bits per heavy atom. The van der Waals surface area contributed by atoms with Gasteiger partial charge in [-0.2, -0.15) is 4.98 Å². The van der Waals surface area contributed by atoms with Crippen LogP contribution in [0.1, 0.15) is 63.1 Å². The summed E-state index contributed by atoms with van der Waals surface area (Å²) < 4.78 is 5.36. The van der Waals surface area contributed by atoms with Gasteiger partial charge in [-0.3, -0.25) is 0 Å². The number of benzene rings is 2. The van der Waals surface area contributed by atoms with E-state index in [1.165, 1.54) is 5.56 Å². The lowest BCUT2D eigenvalue weighted by Crippen LogP contribution is -2.63. The van der Waals surface area contributed by atoms with Gasteiger partial charge in [0.2, 0.25) is 11.7 Å². The molecule has 33 heavy (non-hydrogen) atoms. The van der Waals surface area contributed by atoms with Gasteiger partial charge in [0.15, 0.2) is 0 Å². The zero-order valence-electron chi connectivity index (χ0n) is 20.5. The molecule has 0 bridgehead atoms. The van der Waals surface area contributed by atoms with Gasteiger partial charge in [0, 0.05) is 24.1 Å². The fraction of sp³-hybridized carbons (Fsp3) is 0.481. The van der Waals surface area contributed by atoms with Crippen LogP contribution in [-0.2, 0) is 12.0 Å². The first-order chi connectivity index (χ1) is 15.4. The predicted molar refractivity (Wildman–Crippen MR) is 129 cm³/mol. The molecular weight excluding hydrogens is 414 g/mol. The van der Waals surface area contributed by atoms with Gasteiger partial charge >= 0.3 is 0 Å². The molecule has 2 heterocycles. The highest BCUT2D eigenvalue weighted by Crippen LogP contribution is 2.50. The molecule has 0 aliphatic carbocycles. The van der Waals surface area contributed by atoms with Crippen LogP contribution in [0.4, 0.5) is 0 Å². The third-order valence-electron chi connectivity index (χ3n) is 6.70. The second-order valence-corrected chi connectivity index (χ2v) is 10.8. The highest BCUT2D eigenvalue weighted by Gasteiger charge is 2.55. The molecule has 1 saturated heterocycles. The van der Waals surface area contributed by atoms with Crippen molar-refractivity contribution in [2.24, 2.45) is 5.41 Å². The molecule has 6 nitrogen and oxygen atoms in total. The lowest BCUT2D eigenvalue weighted by molar-refractivity contribution is -0.127. The Hall–Kier alpha value is -2.54. The highest BCUT2D eigenvalue weighted by atomic mass is 16.5. The Labute approximate surface area is 196 Å². The third kappa shape index (κ3) is 4.47. The summed E-state index contributed by atoms with van der Waals surface area (Å²) in [4.78, 5) is 6.70. The topological polar surface area (TPSA) is 82.6 Å². The van der Waals surface area contributed by atoms with Gasteiger partial charge in [0.25, 0.3) is 0 Å². The average molecular weight is 450 g/mol. The van der Waals surface area contributed by atoms with Crippen LogP contribution in [0.3, 0.4) is 0 Å². The van der Waals surface area contributed by atoms with E-state index in [2.05, 4.69) is 67.1 Å². The Kier molecular flexibility index (Phi) is 5.97. The van der Waals surface area contributed by atoms with Gasteiger partial charge in [-0.05, 0) is 49.6 Å². The van der Waals surface area contributed by atoms with E-state index in [-0.39, 0.29) is 11.8 Å². The summed E-state index contributed by atoms with van der Waals surface area (Å²) in [6.45, 7) is 11.5. The Morgan fingerprint density at radius 3 is 2.30 bits per heavy atom. The minimum absolute atomic E-state index is 0.274. The Balaban J connectivity index is 1.76. The summed E-state index contributed by atoms with van der Waals surface area (Å²) in [7, 11) is 2.07. The van der Waals surface area contributed by atoms with Crippen LogP contribution in [0.15, 0.2) is 53.1 Å². The fourth-order valence-electron chi connectivity index (χ4n) is 5.04. The first-order valence-electron chi connectivity index (χ1n) is 11.6. The van der Waals surface area contributed by atoms with Gasteiger partial charge in [0.05, 0.1) is 12.0 Å². The third-order valence-corrected chi connectivity index (χ3v) is 6.70. The van der Waals surface area contributed by atoms with E-state index in [1.54, 1.807) is 13.8 Å². The lowest BCUT2D eigenvalue weighted by atomic mass is 9.62. The van der Waals surface area contributed by atoms with Crippen molar-refractivity contribution < 1.29 is 14.7 Å². The smallest absolute Gasteiger partial charge is 0.229 e. The van der Waals surface area contributed by atoms with Crippen LogP contribution >= 0.6 is 0 Å². The molecule has 2 N–H and O–H groups in total. The fourth-order valence-corrected chi connectivity index (χ4v) is 5.04. The molecule has 1 fully saturated rings. The maximum atomic E-state index is 12.4. The zero-order valence-corrected chi connectivity index (χ0v) is 20.5. The van der Waals surface area contributed by atoms with Gasteiger partial charge in [-0.1, -0.05) is 68.4 Å². The standard InChI is InChI=1S/C27H35N3O3/c1-18(2)19-10-12-21(13-11-19)27(32,26(5)16-30(6)17-26)22-9-7-8-20(14-22)24-28-23(33-29-24)15-25(3,4)31/h7-14,18,31-32H,15-17H2,1-6H3/t27-/m0/s1. The molecule has 0 spiro atoms. The molecule has 1 aromatic heterocycles. The lowest BCUT2D eigenvalue weighted by Gasteiger charge is -2.56. The van der Waals surface area contributed by atoms with Gasteiger partial charge < -0.3 is 19.6 Å². The van der Waals surface area contributed by atoms with Gasteiger partial charge in [-0.15, -0.1) is 0 Å². The van der Waals surface area contributed by atoms with Gasteiger partial charge in [-0.25, -0.2) is 0 Å². The van der Waals surface area contributed by atoms with Crippen LogP contribution < -0.4 is 0 Å². The highest BCUT2D eigenvalue weighted by molar-refractivity contribution is 5.57. The molecule has 1 aliphatic rings. The maximum Gasteiger partial charge on any atom is 0.229 e. The van der Waals surface area contributed by atoms with Crippen LogP contribution in [0.5, 0.6) is 0 Å².